The van der Waals surface area contributed by atoms with Crippen LogP contribution in [0.3, 0.4) is 0 Å². The smallest absolute Gasteiger partial charge is 0.255 e. The first-order valence-electron chi connectivity index (χ1n) is 10.8. The predicted molar refractivity (Wildman–Crippen MR) is 126 cm³/mol. The van der Waals surface area contributed by atoms with Gasteiger partial charge in [-0.1, -0.05) is 35.7 Å². The van der Waals surface area contributed by atoms with Crippen molar-refractivity contribution in [1.29, 1.82) is 0 Å². The Balaban J connectivity index is 1.54. The molecule has 5 nitrogen and oxygen atoms in total. The van der Waals surface area contributed by atoms with E-state index in [1.54, 1.807) is 37.4 Å². The number of rotatable bonds is 10. The summed E-state index contributed by atoms with van der Waals surface area (Å²) in [6.07, 6.45) is 5.43. The molecular formula is C24H30Cl2N2O3. The second-order valence-electron chi connectivity index (χ2n) is 7.71. The van der Waals surface area contributed by atoms with Crippen LogP contribution in [0.5, 0.6) is 11.5 Å². The van der Waals surface area contributed by atoms with Gasteiger partial charge >= 0.3 is 0 Å². The zero-order valence-corrected chi connectivity index (χ0v) is 19.5. The Bertz CT molecular complexity index is 870. The molecule has 0 atom stereocenters. The van der Waals surface area contributed by atoms with E-state index in [1.807, 2.05) is 6.07 Å². The molecule has 1 amide bonds. The summed E-state index contributed by atoms with van der Waals surface area (Å²) in [4.78, 5) is 15.2. The fraction of sp³-hybridized carbons (Fsp3) is 0.458. The number of halogens is 2. The first-order valence-corrected chi connectivity index (χ1v) is 11.6. The van der Waals surface area contributed by atoms with Crippen molar-refractivity contribution >= 4 is 29.1 Å². The molecule has 0 bridgehead atoms. The maximum atomic E-state index is 12.8. The first kappa shape index (κ1) is 23.7. The summed E-state index contributed by atoms with van der Waals surface area (Å²) in [6.45, 7) is 4.38. The molecule has 0 unspecified atom stereocenters. The third-order valence-electron chi connectivity index (χ3n) is 5.46. The molecule has 168 valence electrons. The summed E-state index contributed by atoms with van der Waals surface area (Å²) >= 11 is 12.2. The first-order chi connectivity index (χ1) is 15.1. The normalized spacial score (nSPS) is 14.3. The van der Waals surface area contributed by atoms with Gasteiger partial charge in [0.05, 0.1) is 19.3 Å². The highest BCUT2D eigenvalue weighted by molar-refractivity contribution is 6.35. The van der Waals surface area contributed by atoms with Crippen LogP contribution in [0.25, 0.3) is 0 Å². The summed E-state index contributed by atoms with van der Waals surface area (Å²) < 4.78 is 11.2. The SMILES string of the molecule is COc1ccc(C(=O)NCCCN2CCCCC2)c(OCCc2ccc(Cl)cc2Cl)c1. The van der Waals surface area contributed by atoms with Crippen molar-refractivity contribution in [3.05, 3.63) is 57.6 Å². The van der Waals surface area contributed by atoms with Gasteiger partial charge in [0.1, 0.15) is 11.5 Å². The van der Waals surface area contributed by atoms with Gasteiger partial charge in [0.25, 0.3) is 5.91 Å². The van der Waals surface area contributed by atoms with Crippen LogP contribution in [0, 0.1) is 0 Å². The molecule has 0 aliphatic carbocycles. The zero-order valence-electron chi connectivity index (χ0n) is 18.0. The van der Waals surface area contributed by atoms with Crippen molar-refractivity contribution in [1.82, 2.24) is 10.2 Å². The lowest BCUT2D eigenvalue weighted by Gasteiger charge is -2.26. The maximum Gasteiger partial charge on any atom is 0.255 e. The van der Waals surface area contributed by atoms with Crippen LogP contribution in [-0.2, 0) is 6.42 Å². The van der Waals surface area contributed by atoms with Gasteiger partial charge in [-0.15, -0.1) is 0 Å². The van der Waals surface area contributed by atoms with Gasteiger partial charge in [-0.2, -0.15) is 0 Å². The van der Waals surface area contributed by atoms with Crippen molar-refractivity contribution in [2.45, 2.75) is 32.1 Å². The van der Waals surface area contributed by atoms with E-state index in [1.165, 1.54) is 32.4 Å². The number of carbonyl (C=O) groups excluding carboxylic acids is 1. The predicted octanol–water partition coefficient (Wildman–Crippen LogP) is 5.23. The summed E-state index contributed by atoms with van der Waals surface area (Å²) in [5.41, 5.74) is 1.44. The van der Waals surface area contributed by atoms with Crippen molar-refractivity contribution in [2.24, 2.45) is 0 Å². The quantitative estimate of drug-likeness (QED) is 0.489. The summed E-state index contributed by atoms with van der Waals surface area (Å²) in [6, 6.07) is 10.7. The second kappa shape index (κ2) is 12.2. The summed E-state index contributed by atoms with van der Waals surface area (Å²) in [5, 5.41) is 4.22. The lowest BCUT2D eigenvalue weighted by atomic mass is 10.1. The van der Waals surface area contributed by atoms with E-state index in [-0.39, 0.29) is 5.91 Å². The van der Waals surface area contributed by atoms with Crippen molar-refractivity contribution < 1.29 is 14.3 Å². The van der Waals surface area contributed by atoms with Crippen LogP contribution in [-0.4, -0.2) is 50.7 Å². The van der Waals surface area contributed by atoms with Crippen molar-refractivity contribution in [2.75, 3.05) is 39.9 Å². The number of ether oxygens (including phenoxy) is 2. The molecule has 1 aliphatic heterocycles. The average molecular weight is 465 g/mol. The maximum absolute atomic E-state index is 12.8. The van der Waals surface area contributed by atoms with Crippen LogP contribution in [0.1, 0.15) is 41.6 Å². The Morgan fingerprint density at radius 2 is 1.90 bits per heavy atom. The van der Waals surface area contributed by atoms with Gasteiger partial charge in [-0.25, -0.2) is 0 Å². The Labute approximate surface area is 194 Å². The molecule has 31 heavy (non-hydrogen) atoms. The van der Waals surface area contributed by atoms with Crippen LogP contribution in [0.15, 0.2) is 36.4 Å². The molecule has 7 heteroatoms. The minimum atomic E-state index is -0.138. The largest absolute Gasteiger partial charge is 0.497 e. The monoisotopic (exact) mass is 464 g/mol. The molecule has 0 aromatic heterocycles. The van der Waals surface area contributed by atoms with Gasteiger partial charge in [-0.05, 0) is 68.7 Å². The number of methoxy groups -OCH3 is 1. The Morgan fingerprint density at radius 3 is 2.65 bits per heavy atom. The molecule has 1 N–H and O–H groups in total. The number of carbonyl (C=O) groups is 1. The van der Waals surface area contributed by atoms with Gasteiger partial charge in [0.15, 0.2) is 0 Å². The highest BCUT2D eigenvalue weighted by Crippen LogP contribution is 2.26. The van der Waals surface area contributed by atoms with Gasteiger partial charge in [0.2, 0.25) is 0 Å². The van der Waals surface area contributed by atoms with Gasteiger partial charge in [0, 0.05) is 29.1 Å². The molecule has 0 saturated carbocycles. The van der Waals surface area contributed by atoms with Crippen molar-refractivity contribution in [3.8, 4) is 11.5 Å². The van der Waals surface area contributed by atoms with Crippen LogP contribution < -0.4 is 14.8 Å². The number of likely N-dealkylation sites (tertiary alicyclic amines) is 1. The van der Waals surface area contributed by atoms with Crippen LogP contribution >= 0.6 is 23.2 Å². The second-order valence-corrected chi connectivity index (χ2v) is 8.55. The van der Waals surface area contributed by atoms with E-state index >= 15 is 0 Å². The van der Waals surface area contributed by atoms with E-state index in [4.69, 9.17) is 32.7 Å². The zero-order chi connectivity index (χ0) is 22.1. The Hall–Kier alpha value is -1.95. The highest BCUT2D eigenvalue weighted by Gasteiger charge is 2.15. The molecule has 2 aromatic carbocycles. The van der Waals surface area contributed by atoms with Crippen molar-refractivity contribution in [3.63, 3.8) is 0 Å². The number of piperidine rings is 1. The molecule has 1 heterocycles. The van der Waals surface area contributed by atoms with Crippen LogP contribution in [0.2, 0.25) is 10.0 Å². The number of benzene rings is 2. The molecular weight excluding hydrogens is 435 g/mol. The van der Waals surface area contributed by atoms with E-state index in [9.17, 15) is 4.79 Å². The Kier molecular flexibility index (Phi) is 9.31. The molecule has 1 fully saturated rings. The lowest BCUT2D eigenvalue weighted by molar-refractivity contribution is 0.0947. The lowest BCUT2D eigenvalue weighted by Crippen LogP contribution is -2.33. The topological polar surface area (TPSA) is 50.8 Å². The number of hydrogen-bond acceptors (Lipinski definition) is 4. The number of nitrogens with zero attached hydrogens (tertiary/aromatic N) is 1. The molecule has 2 aromatic rings. The number of amides is 1. The standard InChI is InChI=1S/C24H30Cl2N2O3/c1-30-20-8-9-21(24(29)27-11-5-14-28-12-3-2-4-13-28)23(17-20)31-15-10-18-6-7-19(25)16-22(18)26/h6-9,16-17H,2-5,10-15H2,1H3,(H,27,29). The molecule has 3 rings (SSSR count). The minimum Gasteiger partial charge on any atom is -0.497 e. The third-order valence-corrected chi connectivity index (χ3v) is 6.05. The average Bonchev–Trinajstić information content (AvgIpc) is 2.78. The van der Waals surface area contributed by atoms with E-state index < -0.39 is 0 Å². The fourth-order valence-corrected chi connectivity index (χ4v) is 4.22. The van der Waals surface area contributed by atoms with Crippen LogP contribution in [0.4, 0.5) is 0 Å². The molecule has 0 spiro atoms. The molecule has 0 radical (unpaired) electrons. The molecule has 1 aliphatic rings. The minimum absolute atomic E-state index is 0.138. The summed E-state index contributed by atoms with van der Waals surface area (Å²) in [5.74, 6) is 1.000. The number of nitrogens with one attached hydrogen (secondary N) is 1. The molecule has 1 saturated heterocycles. The summed E-state index contributed by atoms with van der Waals surface area (Å²) in [7, 11) is 1.59. The fourth-order valence-electron chi connectivity index (χ4n) is 3.71. The van der Waals surface area contributed by atoms with Gasteiger partial charge < -0.3 is 19.7 Å². The third kappa shape index (κ3) is 7.30. The van der Waals surface area contributed by atoms with E-state index in [2.05, 4.69) is 10.2 Å². The highest BCUT2D eigenvalue weighted by atomic mass is 35.5. The Morgan fingerprint density at radius 1 is 1.10 bits per heavy atom. The van der Waals surface area contributed by atoms with Gasteiger partial charge in [-0.3, -0.25) is 4.79 Å². The number of hydrogen-bond donors (Lipinski definition) is 1. The van der Waals surface area contributed by atoms with E-state index in [0.29, 0.717) is 46.7 Å². The van der Waals surface area contributed by atoms with E-state index in [0.717, 1.165) is 18.5 Å².